The SMILES string of the molecule is CCNC(=NCCc1nc(-c2ccc(Cl)cc2)no1)NC1CC1. The van der Waals surface area contributed by atoms with Gasteiger partial charge in [0, 0.05) is 29.6 Å². The highest BCUT2D eigenvalue weighted by Gasteiger charge is 2.22. The van der Waals surface area contributed by atoms with Crippen molar-refractivity contribution in [1.82, 2.24) is 20.8 Å². The van der Waals surface area contributed by atoms with Crippen molar-refractivity contribution in [2.45, 2.75) is 32.2 Å². The number of aromatic nitrogens is 2. The lowest BCUT2D eigenvalue weighted by Gasteiger charge is -2.09. The van der Waals surface area contributed by atoms with Gasteiger partial charge in [0.05, 0.1) is 6.54 Å². The molecule has 2 aromatic rings. The summed E-state index contributed by atoms with van der Waals surface area (Å²) < 4.78 is 5.28. The number of halogens is 1. The van der Waals surface area contributed by atoms with E-state index in [4.69, 9.17) is 16.1 Å². The highest BCUT2D eigenvalue weighted by Crippen LogP contribution is 2.19. The van der Waals surface area contributed by atoms with Crippen molar-refractivity contribution >= 4 is 17.6 Å². The van der Waals surface area contributed by atoms with E-state index in [0.29, 0.717) is 35.7 Å². The third kappa shape index (κ3) is 4.69. The van der Waals surface area contributed by atoms with E-state index in [1.165, 1.54) is 12.8 Å². The monoisotopic (exact) mass is 333 g/mol. The minimum absolute atomic E-state index is 0.573. The first-order valence-electron chi connectivity index (χ1n) is 7.88. The second-order valence-corrected chi connectivity index (χ2v) is 5.88. The first-order valence-corrected chi connectivity index (χ1v) is 8.26. The maximum atomic E-state index is 5.88. The van der Waals surface area contributed by atoms with Crippen LogP contribution in [0.2, 0.25) is 5.02 Å². The van der Waals surface area contributed by atoms with Crippen molar-refractivity contribution in [3.8, 4) is 11.4 Å². The van der Waals surface area contributed by atoms with Gasteiger partial charge in [0.1, 0.15) is 0 Å². The molecule has 0 spiro atoms. The summed E-state index contributed by atoms with van der Waals surface area (Å²) >= 11 is 5.88. The molecule has 23 heavy (non-hydrogen) atoms. The van der Waals surface area contributed by atoms with E-state index >= 15 is 0 Å². The average molecular weight is 334 g/mol. The van der Waals surface area contributed by atoms with Gasteiger partial charge in [0.2, 0.25) is 11.7 Å². The lowest BCUT2D eigenvalue weighted by molar-refractivity contribution is 0.380. The van der Waals surface area contributed by atoms with Gasteiger partial charge in [-0.05, 0) is 44.0 Å². The molecule has 1 saturated carbocycles. The highest BCUT2D eigenvalue weighted by atomic mass is 35.5. The van der Waals surface area contributed by atoms with Gasteiger partial charge in [-0.25, -0.2) is 0 Å². The first-order chi connectivity index (χ1) is 11.2. The van der Waals surface area contributed by atoms with E-state index in [2.05, 4.69) is 32.7 Å². The van der Waals surface area contributed by atoms with E-state index in [9.17, 15) is 0 Å². The topological polar surface area (TPSA) is 75.3 Å². The molecule has 7 heteroatoms. The maximum Gasteiger partial charge on any atom is 0.228 e. The number of hydrogen-bond acceptors (Lipinski definition) is 4. The fourth-order valence-electron chi connectivity index (χ4n) is 2.08. The highest BCUT2D eigenvalue weighted by molar-refractivity contribution is 6.30. The molecule has 3 rings (SSSR count). The van der Waals surface area contributed by atoms with Crippen LogP contribution in [-0.2, 0) is 6.42 Å². The van der Waals surface area contributed by atoms with Crippen LogP contribution < -0.4 is 10.6 Å². The van der Waals surface area contributed by atoms with Crippen LogP contribution in [0.5, 0.6) is 0 Å². The molecule has 2 N–H and O–H groups in total. The molecule has 0 amide bonds. The Morgan fingerprint density at radius 2 is 2.13 bits per heavy atom. The Bertz CT molecular complexity index is 663. The molecule has 122 valence electrons. The Kier molecular flexibility index (Phi) is 5.12. The number of benzene rings is 1. The molecular weight excluding hydrogens is 314 g/mol. The number of nitrogens with zero attached hydrogens (tertiary/aromatic N) is 3. The zero-order valence-electron chi connectivity index (χ0n) is 13.1. The van der Waals surface area contributed by atoms with Crippen LogP contribution in [0.15, 0.2) is 33.8 Å². The molecule has 1 aliphatic rings. The van der Waals surface area contributed by atoms with E-state index in [-0.39, 0.29) is 0 Å². The Morgan fingerprint density at radius 3 is 2.83 bits per heavy atom. The van der Waals surface area contributed by atoms with Crippen molar-refractivity contribution in [2.75, 3.05) is 13.1 Å². The van der Waals surface area contributed by atoms with Crippen molar-refractivity contribution in [2.24, 2.45) is 4.99 Å². The van der Waals surface area contributed by atoms with Crippen LogP contribution in [0.1, 0.15) is 25.7 Å². The second-order valence-electron chi connectivity index (χ2n) is 5.45. The van der Waals surface area contributed by atoms with Crippen molar-refractivity contribution < 1.29 is 4.52 Å². The van der Waals surface area contributed by atoms with Gasteiger partial charge in [0.25, 0.3) is 0 Å². The summed E-state index contributed by atoms with van der Waals surface area (Å²) in [6, 6.07) is 7.94. The molecule has 1 fully saturated rings. The molecule has 0 bridgehead atoms. The molecule has 6 nitrogen and oxygen atoms in total. The largest absolute Gasteiger partial charge is 0.357 e. The molecule has 0 unspecified atom stereocenters. The molecule has 1 aliphatic carbocycles. The van der Waals surface area contributed by atoms with Gasteiger partial charge in [0.15, 0.2) is 5.96 Å². The van der Waals surface area contributed by atoms with Crippen LogP contribution in [0.4, 0.5) is 0 Å². The van der Waals surface area contributed by atoms with E-state index in [0.717, 1.165) is 18.1 Å². The molecule has 0 radical (unpaired) electrons. The fourth-order valence-corrected chi connectivity index (χ4v) is 2.20. The Hall–Kier alpha value is -2.08. The van der Waals surface area contributed by atoms with E-state index < -0.39 is 0 Å². The van der Waals surface area contributed by atoms with Crippen molar-refractivity contribution in [1.29, 1.82) is 0 Å². The number of aliphatic imine (C=N–C) groups is 1. The quantitative estimate of drug-likeness (QED) is 0.628. The molecule has 1 heterocycles. The number of nitrogens with one attached hydrogen (secondary N) is 2. The standard InChI is InChI=1S/C16H20ClN5O/c1-2-18-16(20-13-7-8-13)19-10-9-14-21-15(22-23-14)11-3-5-12(17)6-4-11/h3-6,13H,2,7-10H2,1H3,(H2,18,19,20). The summed E-state index contributed by atoms with van der Waals surface area (Å²) in [5.74, 6) is 2.01. The first kappa shape index (κ1) is 15.8. The zero-order chi connectivity index (χ0) is 16.1. The summed E-state index contributed by atoms with van der Waals surface area (Å²) in [5.41, 5.74) is 0.886. The van der Waals surface area contributed by atoms with Crippen LogP contribution in [-0.4, -0.2) is 35.2 Å². The van der Waals surface area contributed by atoms with Crippen molar-refractivity contribution in [3.63, 3.8) is 0 Å². The summed E-state index contributed by atoms with van der Waals surface area (Å²) in [4.78, 5) is 8.93. The van der Waals surface area contributed by atoms with E-state index in [1.54, 1.807) is 0 Å². The minimum atomic E-state index is 0.573. The van der Waals surface area contributed by atoms with Gasteiger partial charge >= 0.3 is 0 Å². The van der Waals surface area contributed by atoms with Crippen LogP contribution >= 0.6 is 11.6 Å². The van der Waals surface area contributed by atoms with Gasteiger partial charge in [-0.15, -0.1) is 0 Å². The Balaban J connectivity index is 1.56. The second kappa shape index (κ2) is 7.46. The zero-order valence-corrected chi connectivity index (χ0v) is 13.8. The van der Waals surface area contributed by atoms with Crippen LogP contribution in [0.25, 0.3) is 11.4 Å². The third-order valence-electron chi connectivity index (χ3n) is 3.43. The van der Waals surface area contributed by atoms with Gasteiger partial charge < -0.3 is 15.2 Å². The Labute approximate surface area is 140 Å². The molecule has 0 atom stereocenters. The lowest BCUT2D eigenvalue weighted by atomic mass is 10.2. The normalized spacial score (nSPS) is 14.8. The maximum absolute atomic E-state index is 5.88. The number of guanidine groups is 1. The minimum Gasteiger partial charge on any atom is -0.357 e. The summed E-state index contributed by atoms with van der Waals surface area (Å²) in [5, 5.41) is 11.3. The fraction of sp³-hybridized carbons (Fsp3) is 0.438. The summed E-state index contributed by atoms with van der Waals surface area (Å²) in [6.07, 6.45) is 3.05. The van der Waals surface area contributed by atoms with Crippen molar-refractivity contribution in [3.05, 3.63) is 35.2 Å². The van der Waals surface area contributed by atoms with Crippen LogP contribution in [0, 0.1) is 0 Å². The number of rotatable bonds is 6. The molecule has 1 aromatic heterocycles. The third-order valence-corrected chi connectivity index (χ3v) is 3.68. The van der Waals surface area contributed by atoms with Gasteiger partial charge in [-0.2, -0.15) is 4.98 Å². The average Bonchev–Trinajstić information content (AvgIpc) is 3.24. The lowest BCUT2D eigenvalue weighted by Crippen LogP contribution is -2.38. The molecule has 0 aliphatic heterocycles. The van der Waals surface area contributed by atoms with Gasteiger partial charge in [-0.3, -0.25) is 4.99 Å². The smallest absolute Gasteiger partial charge is 0.228 e. The summed E-state index contributed by atoms with van der Waals surface area (Å²) in [7, 11) is 0. The number of hydrogen-bond donors (Lipinski definition) is 2. The molecule has 1 aromatic carbocycles. The molecular formula is C16H20ClN5O. The predicted octanol–water partition coefficient (Wildman–Crippen LogP) is 2.65. The Morgan fingerprint density at radius 1 is 1.35 bits per heavy atom. The van der Waals surface area contributed by atoms with Crippen LogP contribution in [0.3, 0.4) is 0 Å². The predicted molar refractivity (Wildman–Crippen MR) is 90.6 cm³/mol. The molecule has 0 saturated heterocycles. The van der Waals surface area contributed by atoms with E-state index in [1.807, 2.05) is 24.3 Å². The van der Waals surface area contributed by atoms with Gasteiger partial charge in [-0.1, -0.05) is 16.8 Å². The summed E-state index contributed by atoms with van der Waals surface area (Å²) in [6.45, 7) is 3.50.